The average Bonchev–Trinajstić information content (AvgIpc) is 2.68. The zero-order valence-electron chi connectivity index (χ0n) is 14.4. The molecule has 0 aliphatic heterocycles. The molecular weight excluding hydrogens is 370 g/mol. The van der Waals surface area contributed by atoms with Gasteiger partial charge in [-0.25, -0.2) is 4.79 Å². The lowest BCUT2D eigenvalue weighted by Crippen LogP contribution is -2.45. The highest BCUT2D eigenvalue weighted by Crippen LogP contribution is 2.11. The van der Waals surface area contributed by atoms with Crippen molar-refractivity contribution >= 4 is 17.5 Å². The molecule has 1 amide bonds. The number of nitrogens with one attached hydrogen (secondary N) is 1. The maximum Gasteiger partial charge on any atom is 0.352 e. The van der Waals surface area contributed by atoms with Gasteiger partial charge in [0.05, 0.1) is 5.69 Å². The molecule has 0 unspecified atom stereocenters. The fraction of sp³-hybridized carbons (Fsp3) is 0.167. The van der Waals surface area contributed by atoms with Gasteiger partial charge in [-0.1, -0.05) is 17.7 Å². The van der Waals surface area contributed by atoms with Crippen LogP contribution in [0.4, 0.5) is 0 Å². The molecule has 0 aliphatic carbocycles. The van der Waals surface area contributed by atoms with E-state index in [1.165, 1.54) is 0 Å². The molecule has 3 aromatic rings. The molecule has 27 heavy (non-hydrogen) atoms. The summed E-state index contributed by atoms with van der Waals surface area (Å²) in [6.45, 7) is 1.93. The maximum absolute atomic E-state index is 12.6. The van der Waals surface area contributed by atoms with Gasteiger partial charge in [-0.2, -0.15) is 9.78 Å². The van der Waals surface area contributed by atoms with Crippen LogP contribution in [0.5, 0.6) is 0 Å². The van der Waals surface area contributed by atoms with Crippen LogP contribution in [-0.4, -0.2) is 25.2 Å². The van der Waals surface area contributed by atoms with Gasteiger partial charge >= 0.3 is 5.69 Å². The number of amides is 1. The van der Waals surface area contributed by atoms with Crippen LogP contribution < -0.4 is 16.6 Å². The minimum Gasteiger partial charge on any atom is -0.346 e. The van der Waals surface area contributed by atoms with Crippen molar-refractivity contribution in [3.05, 3.63) is 85.9 Å². The topological polar surface area (TPSA) is 98.9 Å². The van der Waals surface area contributed by atoms with Gasteiger partial charge in [0.15, 0.2) is 0 Å². The number of carbonyl (C=O) groups excluding carboxylic acids is 1. The Hall–Kier alpha value is -3.26. The molecule has 0 atom stereocenters. The largest absolute Gasteiger partial charge is 0.352 e. The molecule has 0 aliphatic rings. The van der Waals surface area contributed by atoms with E-state index in [-0.39, 0.29) is 18.8 Å². The van der Waals surface area contributed by atoms with Crippen molar-refractivity contribution in [1.82, 2.24) is 24.6 Å². The number of aromatic nitrogens is 4. The first-order valence-electron chi connectivity index (χ1n) is 8.18. The van der Waals surface area contributed by atoms with Crippen molar-refractivity contribution in [3.8, 4) is 5.69 Å². The monoisotopic (exact) mass is 385 g/mol. The van der Waals surface area contributed by atoms with Crippen LogP contribution in [0.1, 0.15) is 23.0 Å². The predicted molar refractivity (Wildman–Crippen MR) is 100 cm³/mol. The van der Waals surface area contributed by atoms with E-state index in [1.54, 1.807) is 55.7 Å². The molecule has 3 rings (SSSR count). The number of halogens is 1. The predicted octanol–water partition coefficient (Wildman–Crippen LogP) is 1.39. The highest BCUT2D eigenvalue weighted by atomic mass is 35.5. The Morgan fingerprint density at radius 1 is 1.19 bits per heavy atom. The number of benzene rings is 1. The Labute approximate surface area is 159 Å². The molecule has 2 heterocycles. The first-order valence-corrected chi connectivity index (χ1v) is 8.56. The van der Waals surface area contributed by atoms with E-state index in [9.17, 15) is 14.4 Å². The summed E-state index contributed by atoms with van der Waals surface area (Å²) in [4.78, 5) is 41.5. The molecule has 9 heteroatoms. The first-order chi connectivity index (χ1) is 13.0. The van der Waals surface area contributed by atoms with E-state index in [2.05, 4.69) is 15.4 Å². The summed E-state index contributed by atoms with van der Waals surface area (Å²) in [6.07, 6.45) is 3.22. The summed E-state index contributed by atoms with van der Waals surface area (Å²) in [5.74, 6) is -0.672. The van der Waals surface area contributed by atoms with Crippen molar-refractivity contribution < 1.29 is 4.79 Å². The summed E-state index contributed by atoms with van der Waals surface area (Å²) in [5.41, 5.74) is -0.569. The van der Waals surface area contributed by atoms with Gasteiger partial charge in [-0.15, -0.1) is 0 Å². The molecule has 0 spiro atoms. The van der Waals surface area contributed by atoms with Crippen LogP contribution in [-0.2, 0) is 13.1 Å². The third kappa shape index (κ3) is 3.95. The number of rotatable bonds is 5. The summed E-state index contributed by atoms with van der Waals surface area (Å²) >= 11 is 5.87. The minimum atomic E-state index is -0.739. The SMILES string of the molecule is CCn1c(=O)c(C(=O)NCc2cccnc2)nn(-c2ccc(Cl)cc2)c1=O. The van der Waals surface area contributed by atoms with E-state index < -0.39 is 17.2 Å². The maximum atomic E-state index is 12.6. The van der Waals surface area contributed by atoms with Gasteiger partial charge < -0.3 is 5.32 Å². The van der Waals surface area contributed by atoms with E-state index in [0.29, 0.717) is 10.7 Å². The van der Waals surface area contributed by atoms with Crippen LogP contribution in [0.3, 0.4) is 0 Å². The molecule has 0 saturated carbocycles. The molecule has 138 valence electrons. The molecule has 1 N–H and O–H groups in total. The van der Waals surface area contributed by atoms with Crippen molar-refractivity contribution in [3.63, 3.8) is 0 Å². The molecule has 0 bridgehead atoms. The molecule has 2 aromatic heterocycles. The zero-order valence-corrected chi connectivity index (χ0v) is 15.2. The van der Waals surface area contributed by atoms with E-state index in [1.807, 2.05) is 0 Å². The molecule has 0 fully saturated rings. The highest BCUT2D eigenvalue weighted by molar-refractivity contribution is 6.30. The number of hydrogen-bond donors (Lipinski definition) is 1. The second-order valence-electron chi connectivity index (χ2n) is 5.61. The lowest BCUT2D eigenvalue weighted by Gasteiger charge is -2.11. The van der Waals surface area contributed by atoms with Gasteiger partial charge in [0, 0.05) is 30.5 Å². The van der Waals surface area contributed by atoms with Crippen LogP contribution >= 0.6 is 11.6 Å². The standard InChI is InChI=1S/C18H16ClN5O3/c1-2-23-17(26)15(16(25)21-11-12-4-3-9-20-10-12)22-24(18(23)27)14-7-5-13(19)6-8-14/h3-10H,2,11H2,1H3,(H,21,25). The number of hydrogen-bond acceptors (Lipinski definition) is 5. The van der Waals surface area contributed by atoms with Gasteiger partial charge in [-0.3, -0.25) is 19.1 Å². The minimum absolute atomic E-state index is 0.108. The third-order valence-corrected chi connectivity index (χ3v) is 4.09. The smallest absolute Gasteiger partial charge is 0.346 e. The van der Waals surface area contributed by atoms with Crippen molar-refractivity contribution in [2.75, 3.05) is 0 Å². The Bertz CT molecular complexity index is 1070. The van der Waals surface area contributed by atoms with Gasteiger partial charge in [0.25, 0.3) is 11.5 Å². The normalized spacial score (nSPS) is 10.6. The molecule has 0 radical (unpaired) electrons. The van der Waals surface area contributed by atoms with Crippen LogP contribution in [0.25, 0.3) is 5.69 Å². The molecule has 1 aromatic carbocycles. The molecule has 8 nitrogen and oxygen atoms in total. The average molecular weight is 386 g/mol. The second-order valence-corrected chi connectivity index (χ2v) is 6.05. The fourth-order valence-corrected chi connectivity index (χ4v) is 2.58. The summed E-state index contributed by atoms with van der Waals surface area (Å²) in [6, 6.07) is 9.88. The number of carbonyl (C=O) groups is 1. The number of nitrogens with zero attached hydrogens (tertiary/aromatic N) is 4. The van der Waals surface area contributed by atoms with Gasteiger partial charge in [0.2, 0.25) is 5.69 Å². The van der Waals surface area contributed by atoms with Gasteiger partial charge in [0.1, 0.15) is 0 Å². The molecule has 0 saturated heterocycles. The zero-order chi connectivity index (χ0) is 19.4. The van der Waals surface area contributed by atoms with Crippen molar-refractivity contribution in [1.29, 1.82) is 0 Å². The van der Waals surface area contributed by atoms with Crippen molar-refractivity contribution in [2.45, 2.75) is 20.0 Å². The van der Waals surface area contributed by atoms with Crippen LogP contribution in [0, 0.1) is 0 Å². The summed E-state index contributed by atoms with van der Waals surface area (Å²) < 4.78 is 1.97. The third-order valence-electron chi connectivity index (χ3n) is 3.84. The van der Waals surface area contributed by atoms with E-state index in [0.717, 1.165) is 14.8 Å². The Kier molecular flexibility index (Phi) is 5.46. The Balaban J connectivity index is 2.00. The van der Waals surface area contributed by atoms with Crippen LogP contribution in [0.2, 0.25) is 5.02 Å². The second kappa shape index (κ2) is 7.96. The Morgan fingerprint density at radius 2 is 1.93 bits per heavy atom. The lowest BCUT2D eigenvalue weighted by atomic mass is 10.3. The summed E-state index contributed by atoms with van der Waals surface area (Å²) in [7, 11) is 0. The Morgan fingerprint density at radius 3 is 2.56 bits per heavy atom. The number of pyridine rings is 1. The quantitative estimate of drug-likeness (QED) is 0.715. The summed E-state index contributed by atoms with van der Waals surface area (Å²) in [5, 5.41) is 7.11. The lowest BCUT2D eigenvalue weighted by molar-refractivity contribution is 0.0941. The van der Waals surface area contributed by atoms with E-state index in [4.69, 9.17) is 11.6 Å². The van der Waals surface area contributed by atoms with Crippen molar-refractivity contribution in [2.24, 2.45) is 0 Å². The fourth-order valence-electron chi connectivity index (χ4n) is 2.46. The van der Waals surface area contributed by atoms with E-state index >= 15 is 0 Å². The first kappa shape index (κ1) is 18.5. The van der Waals surface area contributed by atoms with Crippen LogP contribution in [0.15, 0.2) is 58.4 Å². The highest BCUT2D eigenvalue weighted by Gasteiger charge is 2.19. The van der Waals surface area contributed by atoms with Gasteiger partial charge in [-0.05, 0) is 42.8 Å². The molecular formula is C18H16ClN5O3.